The van der Waals surface area contributed by atoms with Gasteiger partial charge in [0.1, 0.15) is 0 Å². The molecule has 0 spiro atoms. The van der Waals surface area contributed by atoms with Crippen molar-refractivity contribution in [2.24, 2.45) is 5.92 Å². The third-order valence-corrected chi connectivity index (χ3v) is 2.98. The van der Waals surface area contributed by atoms with E-state index in [-0.39, 0.29) is 5.82 Å². The molecule has 2 heteroatoms. The molecule has 1 radical (unpaired) electrons. The first-order valence-corrected chi connectivity index (χ1v) is 6.15. The molecule has 1 aliphatic carbocycles. The number of hydrogen-bond donors (Lipinski definition) is 0. The van der Waals surface area contributed by atoms with Crippen LogP contribution in [0.4, 0.5) is 4.39 Å². The van der Waals surface area contributed by atoms with Crippen LogP contribution in [0.3, 0.4) is 0 Å². The first-order valence-electron chi connectivity index (χ1n) is 6.15. The summed E-state index contributed by atoms with van der Waals surface area (Å²) in [5, 5.41) is 0. The van der Waals surface area contributed by atoms with Crippen molar-refractivity contribution >= 4 is 0 Å². The van der Waals surface area contributed by atoms with Gasteiger partial charge in [0.15, 0.2) is 11.6 Å². The predicted molar refractivity (Wildman–Crippen MR) is 61.9 cm³/mol. The number of unbranched alkanes of at least 4 members (excludes halogenated alkanes) is 2. The lowest BCUT2D eigenvalue weighted by molar-refractivity contribution is 0.289. The zero-order valence-corrected chi connectivity index (χ0v) is 9.55. The predicted octanol–water partition coefficient (Wildman–Crippen LogP) is 3.98. The van der Waals surface area contributed by atoms with Gasteiger partial charge in [0, 0.05) is 6.07 Å². The summed E-state index contributed by atoms with van der Waals surface area (Å²) >= 11 is 0. The summed E-state index contributed by atoms with van der Waals surface area (Å²) in [6.07, 6.45) is 7.73. The van der Waals surface area contributed by atoms with Gasteiger partial charge in [-0.25, -0.2) is 4.39 Å². The van der Waals surface area contributed by atoms with Crippen molar-refractivity contribution < 1.29 is 9.13 Å². The molecule has 0 heterocycles. The Balaban J connectivity index is 1.55. The number of halogens is 1. The first kappa shape index (κ1) is 11.4. The molecule has 0 unspecified atom stereocenters. The molecule has 0 saturated heterocycles. The highest BCUT2D eigenvalue weighted by molar-refractivity contribution is 5.22. The summed E-state index contributed by atoms with van der Waals surface area (Å²) in [6, 6.07) is 7.43. The van der Waals surface area contributed by atoms with Crippen molar-refractivity contribution in [1.29, 1.82) is 0 Å². The maximum absolute atomic E-state index is 13.1. The van der Waals surface area contributed by atoms with Crippen LogP contribution in [0, 0.1) is 17.8 Å². The van der Waals surface area contributed by atoms with E-state index in [1.807, 2.05) is 0 Å². The van der Waals surface area contributed by atoms with E-state index in [0.29, 0.717) is 12.4 Å². The molecule has 1 fully saturated rings. The van der Waals surface area contributed by atoms with E-state index < -0.39 is 0 Å². The number of benzene rings is 1. The smallest absolute Gasteiger partial charge is 0.172 e. The molecular formula is C14H18FO. The molecular weight excluding hydrogens is 203 g/mol. The molecule has 0 N–H and O–H groups in total. The van der Waals surface area contributed by atoms with Crippen molar-refractivity contribution in [1.82, 2.24) is 0 Å². The second-order valence-electron chi connectivity index (χ2n) is 4.49. The number of rotatable bonds is 7. The topological polar surface area (TPSA) is 9.23 Å². The zero-order valence-electron chi connectivity index (χ0n) is 9.55. The standard InChI is InChI=1S/C14H18FO/c15-13-7-3-4-8-14(13)16-11-5-1-2-6-12-9-10-12/h3-4,8,12H,1-2,5-6,9-11H2. The Morgan fingerprint density at radius 3 is 2.94 bits per heavy atom. The van der Waals surface area contributed by atoms with Gasteiger partial charge in [0.25, 0.3) is 0 Å². The van der Waals surface area contributed by atoms with Crippen LogP contribution in [0.25, 0.3) is 0 Å². The fraction of sp³-hybridized carbons (Fsp3) is 0.571. The highest BCUT2D eigenvalue weighted by Gasteiger charge is 2.19. The summed E-state index contributed by atoms with van der Waals surface area (Å²) in [5.74, 6) is 0.951. The second kappa shape index (κ2) is 5.88. The Morgan fingerprint density at radius 1 is 1.31 bits per heavy atom. The molecule has 1 aliphatic rings. The highest BCUT2D eigenvalue weighted by Crippen LogP contribution is 2.33. The van der Waals surface area contributed by atoms with E-state index in [1.54, 1.807) is 18.2 Å². The van der Waals surface area contributed by atoms with Gasteiger partial charge in [-0.05, 0) is 18.4 Å². The molecule has 0 aromatic heterocycles. The Morgan fingerprint density at radius 2 is 2.19 bits per heavy atom. The van der Waals surface area contributed by atoms with Crippen LogP contribution in [0.5, 0.6) is 5.75 Å². The van der Waals surface area contributed by atoms with E-state index in [1.165, 1.54) is 32.1 Å². The monoisotopic (exact) mass is 221 g/mol. The van der Waals surface area contributed by atoms with Crippen LogP contribution >= 0.6 is 0 Å². The maximum atomic E-state index is 13.1. The largest absolute Gasteiger partial charge is 0.490 e. The van der Waals surface area contributed by atoms with Crippen molar-refractivity contribution in [3.05, 3.63) is 30.1 Å². The van der Waals surface area contributed by atoms with Gasteiger partial charge in [-0.2, -0.15) is 0 Å². The van der Waals surface area contributed by atoms with E-state index >= 15 is 0 Å². The summed E-state index contributed by atoms with van der Waals surface area (Å²) in [4.78, 5) is 0. The maximum Gasteiger partial charge on any atom is 0.172 e. The van der Waals surface area contributed by atoms with Gasteiger partial charge in [0.2, 0.25) is 0 Å². The Labute approximate surface area is 96.6 Å². The average molecular weight is 221 g/mol. The average Bonchev–Trinajstić information content (AvgIpc) is 3.09. The lowest BCUT2D eigenvalue weighted by Crippen LogP contribution is -1.99. The van der Waals surface area contributed by atoms with Crippen LogP contribution in [-0.4, -0.2) is 6.61 Å². The zero-order chi connectivity index (χ0) is 11.2. The first-order chi connectivity index (χ1) is 7.86. The molecule has 1 aromatic carbocycles. The van der Waals surface area contributed by atoms with Gasteiger partial charge in [-0.1, -0.05) is 44.2 Å². The molecule has 2 rings (SSSR count). The molecule has 87 valence electrons. The molecule has 0 bridgehead atoms. The Kier molecular flexibility index (Phi) is 4.20. The summed E-state index contributed by atoms with van der Waals surface area (Å²) in [5.41, 5.74) is 0. The van der Waals surface area contributed by atoms with E-state index in [9.17, 15) is 4.39 Å². The van der Waals surface area contributed by atoms with E-state index in [4.69, 9.17) is 4.74 Å². The molecule has 16 heavy (non-hydrogen) atoms. The van der Waals surface area contributed by atoms with Crippen LogP contribution in [-0.2, 0) is 0 Å². The van der Waals surface area contributed by atoms with Crippen LogP contribution in [0.2, 0.25) is 0 Å². The number of hydrogen-bond acceptors (Lipinski definition) is 1. The minimum Gasteiger partial charge on any atom is -0.490 e. The fourth-order valence-corrected chi connectivity index (χ4v) is 1.81. The summed E-state index contributed by atoms with van der Waals surface area (Å²) in [6.45, 7) is 0.611. The van der Waals surface area contributed by atoms with Gasteiger partial charge in [0.05, 0.1) is 6.61 Å². The van der Waals surface area contributed by atoms with Crippen molar-refractivity contribution in [3.8, 4) is 5.75 Å². The van der Waals surface area contributed by atoms with Gasteiger partial charge >= 0.3 is 0 Å². The highest BCUT2D eigenvalue weighted by atomic mass is 19.1. The van der Waals surface area contributed by atoms with Gasteiger partial charge in [-0.15, -0.1) is 0 Å². The molecule has 0 amide bonds. The molecule has 1 nitrogen and oxygen atoms in total. The summed E-state index contributed by atoms with van der Waals surface area (Å²) in [7, 11) is 0. The van der Waals surface area contributed by atoms with Crippen LogP contribution in [0.15, 0.2) is 18.2 Å². The third-order valence-electron chi connectivity index (χ3n) is 2.98. The Bertz CT molecular complexity index is 320. The fourth-order valence-electron chi connectivity index (χ4n) is 1.81. The van der Waals surface area contributed by atoms with Crippen LogP contribution in [0.1, 0.15) is 38.5 Å². The van der Waals surface area contributed by atoms with E-state index in [2.05, 4.69) is 6.07 Å². The second-order valence-corrected chi connectivity index (χ2v) is 4.49. The normalized spacial score (nSPS) is 15.1. The van der Waals surface area contributed by atoms with Crippen molar-refractivity contribution in [2.75, 3.05) is 6.61 Å². The van der Waals surface area contributed by atoms with Crippen molar-refractivity contribution in [2.45, 2.75) is 38.5 Å². The SMILES string of the molecule is Fc1[c]cccc1OCCCCCC1CC1. The molecule has 0 atom stereocenters. The van der Waals surface area contributed by atoms with Crippen LogP contribution < -0.4 is 4.74 Å². The lowest BCUT2D eigenvalue weighted by atomic mass is 10.1. The third kappa shape index (κ3) is 3.84. The van der Waals surface area contributed by atoms with Crippen molar-refractivity contribution in [3.63, 3.8) is 0 Å². The van der Waals surface area contributed by atoms with Gasteiger partial charge < -0.3 is 4.74 Å². The minimum atomic E-state index is -0.388. The molecule has 0 aliphatic heterocycles. The number of ether oxygens (including phenoxy) is 1. The van der Waals surface area contributed by atoms with Gasteiger partial charge in [-0.3, -0.25) is 0 Å². The molecule has 1 saturated carbocycles. The van der Waals surface area contributed by atoms with E-state index in [0.717, 1.165) is 12.3 Å². The summed E-state index contributed by atoms with van der Waals surface area (Å²) < 4.78 is 18.5. The Hall–Kier alpha value is -1.05. The lowest BCUT2D eigenvalue weighted by Gasteiger charge is -2.06. The quantitative estimate of drug-likeness (QED) is 0.633. The molecule has 1 aromatic rings. The minimum absolute atomic E-state index is 0.324.